The van der Waals surface area contributed by atoms with Crippen LogP contribution in [0.1, 0.15) is 47.0 Å². The van der Waals surface area contributed by atoms with Crippen molar-refractivity contribution in [3.63, 3.8) is 0 Å². The highest BCUT2D eigenvalue weighted by molar-refractivity contribution is 5.27. The molecule has 0 spiro atoms. The smallest absolute Gasteiger partial charge is 0.248 e. The van der Waals surface area contributed by atoms with Crippen LogP contribution in [0.5, 0.6) is 0 Å². The van der Waals surface area contributed by atoms with Crippen LogP contribution in [0.2, 0.25) is 0 Å². The largest absolute Gasteiger partial charge is 0.592 e. The second kappa shape index (κ2) is 7.95. The molecule has 1 aromatic rings. The van der Waals surface area contributed by atoms with Gasteiger partial charge in [-0.15, -0.1) is 0 Å². The molecular formula is C15H28N4O2. The maximum absolute atomic E-state index is 10.5. The number of hydrogen-bond donors (Lipinski definition) is 3. The molecular weight excluding hydrogens is 268 g/mol. The van der Waals surface area contributed by atoms with E-state index in [1.807, 2.05) is 0 Å². The summed E-state index contributed by atoms with van der Waals surface area (Å²) >= 11 is 0. The van der Waals surface area contributed by atoms with Crippen molar-refractivity contribution in [2.24, 2.45) is 5.28 Å². The molecule has 1 fully saturated rings. The van der Waals surface area contributed by atoms with E-state index in [9.17, 15) is 5.21 Å². The molecule has 1 aromatic carbocycles. The molecule has 1 aliphatic heterocycles. The molecule has 1 heterocycles. The van der Waals surface area contributed by atoms with Crippen LogP contribution in [0, 0.1) is 5.21 Å². The van der Waals surface area contributed by atoms with E-state index in [1.165, 1.54) is 19.3 Å². The zero-order chi connectivity index (χ0) is 15.2. The summed E-state index contributed by atoms with van der Waals surface area (Å²) in [5.41, 5.74) is 1.04. The molecule has 0 bridgehead atoms. The Morgan fingerprint density at radius 3 is 1.90 bits per heavy atom. The third-order valence-electron chi connectivity index (χ3n) is 3.34. The fraction of sp³-hybridized carbons (Fsp3) is 0.600. The molecule has 5 N–H and O–H groups in total. The van der Waals surface area contributed by atoms with E-state index < -0.39 is 0 Å². The summed E-state index contributed by atoms with van der Waals surface area (Å²) in [6, 6.07) is 8.24. The van der Waals surface area contributed by atoms with Crippen LogP contribution in [0.25, 0.3) is 0 Å². The first kappa shape index (κ1) is 19.3. The molecule has 0 aromatic heterocycles. The number of para-hydroxylation sites is 1. The van der Waals surface area contributed by atoms with Gasteiger partial charge in [-0.05, 0) is 51.8 Å². The van der Waals surface area contributed by atoms with E-state index in [2.05, 4.69) is 38.3 Å². The Kier molecular flexibility index (Phi) is 7.32. The van der Waals surface area contributed by atoms with Gasteiger partial charge in [0.05, 0.1) is 0 Å². The highest BCUT2D eigenvalue weighted by Gasteiger charge is 2.31. The zero-order valence-corrected chi connectivity index (χ0v) is 13.5. The van der Waals surface area contributed by atoms with Gasteiger partial charge in [-0.3, -0.25) is 0 Å². The summed E-state index contributed by atoms with van der Waals surface area (Å²) in [6.07, 6.45) is 4.00. The van der Waals surface area contributed by atoms with Crippen molar-refractivity contribution in [1.29, 1.82) is 0 Å². The van der Waals surface area contributed by atoms with E-state index in [1.54, 1.807) is 30.3 Å². The van der Waals surface area contributed by atoms with E-state index in [0.29, 0.717) is 16.8 Å². The van der Waals surface area contributed by atoms with Crippen molar-refractivity contribution in [3.8, 4) is 0 Å². The topological polar surface area (TPSA) is 106 Å². The van der Waals surface area contributed by atoms with Crippen LogP contribution >= 0.6 is 0 Å². The van der Waals surface area contributed by atoms with E-state index >= 15 is 0 Å². The minimum Gasteiger partial charge on any atom is -0.592 e. The lowest BCUT2D eigenvalue weighted by molar-refractivity contribution is -0.473. The molecule has 6 nitrogen and oxygen atoms in total. The van der Waals surface area contributed by atoms with Gasteiger partial charge in [0.2, 0.25) is 11.0 Å². The Balaban J connectivity index is 0.000000364. The number of nitrogens with zero attached hydrogens (tertiary/aromatic N) is 2. The van der Waals surface area contributed by atoms with E-state index in [4.69, 9.17) is 5.21 Å². The first-order valence-corrected chi connectivity index (χ1v) is 6.92. The van der Waals surface area contributed by atoms with Crippen molar-refractivity contribution >= 4 is 5.69 Å². The summed E-state index contributed by atoms with van der Waals surface area (Å²) in [5.74, 6) is 0. The van der Waals surface area contributed by atoms with Gasteiger partial charge in [0, 0.05) is 23.2 Å². The highest BCUT2D eigenvalue weighted by atomic mass is 16.6. The first-order valence-electron chi connectivity index (χ1n) is 6.92. The maximum Gasteiger partial charge on any atom is 0.248 e. The molecule has 0 saturated carbocycles. The fourth-order valence-electron chi connectivity index (χ4n) is 2.62. The van der Waals surface area contributed by atoms with Gasteiger partial charge in [-0.2, -0.15) is 0 Å². The Morgan fingerprint density at radius 2 is 1.57 bits per heavy atom. The Labute approximate surface area is 127 Å². The fourth-order valence-corrected chi connectivity index (χ4v) is 2.62. The lowest BCUT2D eigenvalue weighted by Crippen LogP contribution is -2.55. The lowest BCUT2D eigenvalue weighted by Gasteiger charge is -2.42. The van der Waals surface area contributed by atoms with Gasteiger partial charge in [-0.1, -0.05) is 18.2 Å². The van der Waals surface area contributed by atoms with Gasteiger partial charge < -0.3 is 21.9 Å². The van der Waals surface area contributed by atoms with Crippen LogP contribution < -0.4 is 11.5 Å². The molecule has 0 radical (unpaired) electrons. The predicted octanol–water partition coefficient (Wildman–Crippen LogP) is 4.15. The molecule has 0 atom stereocenters. The van der Waals surface area contributed by atoms with Gasteiger partial charge >= 0.3 is 0 Å². The average Bonchev–Trinajstić information content (AvgIpc) is 2.37. The van der Waals surface area contributed by atoms with Crippen molar-refractivity contribution in [1.82, 2.24) is 11.5 Å². The minimum atomic E-state index is 0. The highest BCUT2D eigenvalue weighted by Crippen LogP contribution is 2.27. The number of benzene rings is 1. The normalized spacial score (nSPS) is 19.7. The van der Waals surface area contributed by atoms with E-state index in [0.717, 1.165) is 0 Å². The summed E-state index contributed by atoms with van der Waals surface area (Å²) in [4.78, 5) is 0.139. The Morgan fingerprint density at radius 1 is 1.10 bits per heavy atom. The second-order valence-corrected chi connectivity index (χ2v) is 6.44. The van der Waals surface area contributed by atoms with Crippen LogP contribution in [0.15, 0.2) is 35.6 Å². The molecule has 1 saturated heterocycles. The molecule has 0 amide bonds. The molecule has 120 valence electrons. The molecule has 6 heteroatoms. The van der Waals surface area contributed by atoms with Crippen molar-refractivity contribution in [2.75, 3.05) is 0 Å². The average molecular weight is 296 g/mol. The Hall–Kier alpha value is -1.66. The number of piperidine rings is 1. The number of hydrogen-bond acceptors (Lipinski definition) is 4. The third kappa shape index (κ3) is 7.06. The van der Waals surface area contributed by atoms with Gasteiger partial charge in [0.25, 0.3) is 0 Å². The SMILES string of the molecule is CC1(C)CCCC(C)(C)N1.N.[O-][N+](=NO)c1ccccc1. The third-order valence-corrected chi connectivity index (χ3v) is 3.34. The standard InChI is InChI=1S/C9H19N.C6H6N2O2.H3N/c1-8(2)6-5-7-9(3,4)10-8;9-7-8(10)6-4-2-1-3-5-6;/h10H,5-7H2,1-4H3;1-5,9H;1H3. The summed E-state index contributed by atoms with van der Waals surface area (Å²) in [5, 5.41) is 24.6. The number of nitrogens with one attached hydrogen (secondary N) is 1. The van der Waals surface area contributed by atoms with Crippen molar-refractivity contribution in [2.45, 2.75) is 58.0 Å². The van der Waals surface area contributed by atoms with Crippen LogP contribution in [0.4, 0.5) is 5.69 Å². The molecule has 0 aliphatic carbocycles. The molecule has 0 unspecified atom stereocenters. The van der Waals surface area contributed by atoms with E-state index in [-0.39, 0.29) is 11.0 Å². The number of rotatable bonds is 1. The summed E-state index contributed by atoms with van der Waals surface area (Å²) in [7, 11) is 0. The Bertz CT molecular complexity index is 430. The quantitative estimate of drug-likeness (QED) is 0.411. The van der Waals surface area contributed by atoms with Crippen LogP contribution in [-0.2, 0) is 0 Å². The van der Waals surface area contributed by atoms with Gasteiger partial charge in [-0.25, -0.2) is 0 Å². The van der Waals surface area contributed by atoms with Crippen LogP contribution in [0.3, 0.4) is 0 Å². The van der Waals surface area contributed by atoms with Gasteiger partial charge in [0.15, 0.2) is 0 Å². The summed E-state index contributed by atoms with van der Waals surface area (Å²) < 4.78 is 0. The zero-order valence-electron chi connectivity index (χ0n) is 13.5. The van der Waals surface area contributed by atoms with Crippen molar-refractivity contribution in [3.05, 3.63) is 35.5 Å². The summed E-state index contributed by atoms with van der Waals surface area (Å²) in [6.45, 7) is 9.14. The minimum absolute atomic E-state index is 0. The predicted molar refractivity (Wildman–Crippen MR) is 84.1 cm³/mol. The molecule has 1 aliphatic rings. The second-order valence-electron chi connectivity index (χ2n) is 6.44. The monoisotopic (exact) mass is 296 g/mol. The van der Waals surface area contributed by atoms with Gasteiger partial charge in [0.1, 0.15) is 0 Å². The first-order chi connectivity index (χ1) is 9.26. The van der Waals surface area contributed by atoms with Crippen molar-refractivity contribution < 1.29 is 10.1 Å². The molecule has 2 rings (SSSR count). The maximum atomic E-state index is 10.5. The van der Waals surface area contributed by atoms with Crippen LogP contribution in [-0.4, -0.2) is 21.1 Å². The molecule has 21 heavy (non-hydrogen) atoms. The lowest BCUT2D eigenvalue weighted by atomic mass is 9.83.